The molecule has 0 fully saturated rings. The SMILES string of the molecule is COC(=O)[C@@H](C)CN1C=NC(=Nc2ccc(Oc3ccccc3)cc2)N(Cc2ccc(Cl)cc2)C1. The number of ether oxygens (including phenoxy) is 2. The third-order valence-electron chi connectivity index (χ3n) is 5.42. The van der Waals surface area contributed by atoms with E-state index in [1.165, 1.54) is 7.11 Å². The smallest absolute Gasteiger partial charge is 0.310 e. The van der Waals surface area contributed by atoms with Gasteiger partial charge in [0, 0.05) is 18.1 Å². The molecule has 8 heteroatoms. The Morgan fingerprint density at radius 2 is 1.71 bits per heavy atom. The molecule has 1 atom stereocenters. The second-order valence-corrected chi connectivity index (χ2v) is 8.66. The molecule has 0 spiro atoms. The Labute approximate surface area is 210 Å². The molecule has 3 aromatic carbocycles. The van der Waals surface area contributed by atoms with Gasteiger partial charge in [0.2, 0.25) is 5.96 Å². The molecule has 4 rings (SSSR count). The Morgan fingerprint density at radius 3 is 2.40 bits per heavy atom. The Bertz CT molecular complexity index is 1180. The van der Waals surface area contributed by atoms with E-state index in [1.54, 1.807) is 6.34 Å². The number of aliphatic imine (C=N–C) groups is 2. The first-order valence-corrected chi connectivity index (χ1v) is 11.6. The Balaban J connectivity index is 1.53. The van der Waals surface area contributed by atoms with Crippen LogP contribution >= 0.6 is 11.6 Å². The van der Waals surface area contributed by atoms with Gasteiger partial charge in [0.25, 0.3) is 0 Å². The van der Waals surface area contributed by atoms with Crippen LogP contribution in [0, 0.1) is 5.92 Å². The maximum absolute atomic E-state index is 11.9. The summed E-state index contributed by atoms with van der Waals surface area (Å²) in [4.78, 5) is 25.3. The molecule has 0 amide bonds. The van der Waals surface area contributed by atoms with Crippen LogP contribution in [0.1, 0.15) is 12.5 Å². The standard InChI is InChI=1S/C27H27ClN4O3/c1-20(26(33)34-2)16-31-18-29-27(32(19-31)17-21-8-10-22(28)11-9-21)30-23-12-14-25(15-13-23)35-24-6-4-3-5-7-24/h3-15,18,20H,16-17,19H2,1-2H3/t20-/m0/s1. The molecule has 0 N–H and O–H groups in total. The van der Waals surface area contributed by atoms with Crippen molar-refractivity contribution in [2.75, 3.05) is 20.3 Å². The van der Waals surface area contributed by atoms with Gasteiger partial charge in [0.05, 0.1) is 31.7 Å². The minimum absolute atomic E-state index is 0.250. The van der Waals surface area contributed by atoms with Gasteiger partial charge in [-0.05, 0) is 54.1 Å². The van der Waals surface area contributed by atoms with Crippen LogP contribution in [-0.4, -0.2) is 48.4 Å². The van der Waals surface area contributed by atoms with Crippen LogP contribution in [0.3, 0.4) is 0 Å². The van der Waals surface area contributed by atoms with Gasteiger partial charge in [0.1, 0.15) is 11.5 Å². The van der Waals surface area contributed by atoms with Crippen molar-refractivity contribution in [3.63, 3.8) is 0 Å². The van der Waals surface area contributed by atoms with Gasteiger partial charge in [-0.15, -0.1) is 0 Å². The fraction of sp³-hybridized carbons (Fsp3) is 0.222. The number of carbonyl (C=O) groups is 1. The zero-order valence-corrected chi connectivity index (χ0v) is 20.4. The Hall–Kier alpha value is -3.84. The lowest BCUT2D eigenvalue weighted by Gasteiger charge is -2.34. The topological polar surface area (TPSA) is 66.7 Å². The van der Waals surface area contributed by atoms with Crippen molar-refractivity contribution in [2.45, 2.75) is 13.5 Å². The zero-order valence-electron chi connectivity index (χ0n) is 19.7. The van der Waals surface area contributed by atoms with Gasteiger partial charge in [0.15, 0.2) is 0 Å². The highest BCUT2D eigenvalue weighted by Crippen LogP contribution is 2.25. The molecular weight excluding hydrogens is 464 g/mol. The number of esters is 1. The molecule has 3 aromatic rings. The average Bonchev–Trinajstić information content (AvgIpc) is 2.88. The van der Waals surface area contributed by atoms with E-state index in [0.29, 0.717) is 30.7 Å². The molecule has 0 bridgehead atoms. The quantitative estimate of drug-likeness (QED) is 0.377. The minimum atomic E-state index is -0.278. The first-order valence-electron chi connectivity index (χ1n) is 11.3. The van der Waals surface area contributed by atoms with Crippen molar-refractivity contribution >= 4 is 35.6 Å². The van der Waals surface area contributed by atoms with Crippen LogP contribution in [0.25, 0.3) is 0 Å². The highest BCUT2D eigenvalue weighted by Gasteiger charge is 2.23. The molecule has 0 radical (unpaired) electrons. The van der Waals surface area contributed by atoms with E-state index in [4.69, 9.17) is 26.1 Å². The van der Waals surface area contributed by atoms with E-state index >= 15 is 0 Å². The van der Waals surface area contributed by atoms with Crippen LogP contribution < -0.4 is 4.74 Å². The highest BCUT2D eigenvalue weighted by molar-refractivity contribution is 6.30. The molecule has 0 unspecified atom stereocenters. The summed E-state index contributed by atoms with van der Waals surface area (Å²) in [5.41, 5.74) is 1.84. The van der Waals surface area contributed by atoms with Gasteiger partial charge in [-0.1, -0.05) is 48.9 Å². The number of halogens is 1. The van der Waals surface area contributed by atoms with Crippen LogP contribution in [0.15, 0.2) is 88.8 Å². The first-order chi connectivity index (χ1) is 17.0. The Kier molecular flexibility index (Phi) is 8.00. The predicted octanol–water partition coefficient (Wildman–Crippen LogP) is 5.73. The fourth-order valence-corrected chi connectivity index (χ4v) is 3.75. The molecule has 1 aliphatic heterocycles. The summed E-state index contributed by atoms with van der Waals surface area (Å²) in [6.07, 6.45) is 1.73. The van der Waals surface area contributed by atoms with Gasteiger partial charge in [-0.3, -0.25) is 4.79 Å². The minimum Gasteiger partial charge on any atom is -0.469 e. The summed E-state index contributed by atoms with van der Waals surface area (Å²) in [6.45, 7) is 3.45. The lowest BCUT2D eigenvalue weighted by atomic mass is 10.2. The second kappa shape index (κ2) is 11.5. The van der Waals surface area contributed by atoms with E-state index in [2.05, 4.69) is 9.89 Å². The van der Waals surface area contributed by atoms with E-state index < -0.39 is 0 Å². The van der Waals surface area contributed by atoms with Crippen LogP contribution in [0.4, 0.5) is 5.69 Å². The van der Waals surface area contributed by atoms with Crippen molar-refractivity contribution in [3.8, 4) is 11.5 Å². The fourth-order valence-electron chi connectivity index (χ4n) is 3.63. The van der Waals surface area contributed by atoms with Gasteiger partial charge in [-0.2, -0.15) is 0 Å². The summed E-state index contributed by atoms with van der Waals surface area (Å²) in [5.74, 6) is 1.56. The molecule has 1 heterocycles. The van der Waals surface area contributed by atoms with E-state index in [9.17, 15) is 4.79 Å². The molecule has 0 aromatic heterocycles. The lowest BCUT2D eigenvalue weighted by molar-refractivity contribution is -0.145. The molecule has 35 heavy (non-hydrogen) atoms. The normalized spacial score (nSPS) is 15.2. The number of guanidine groups is 1. The number of hydrogen-bond donors (Lipinski definition) is 0. The average molecular weight is 491 g/mol. The third-order valence-corrected chi connectivity index (χ3v) is 5.67. The van der Waals surface area contributed by atoms with E-state index in [0.717, 1.165) is 22.7 Å². The summed E-state index contributed by atoms with van der Waals surface area (Å²) >= 11 is 6.05. The maximum atomic E-state index is 11.9. The van der Waals surface area contributed by atoms with Crippen LogP contribution in [0.5, 0.6) is 11.5 Å². The lowest BCUT2D eigenvalue weighted by Crippen LogP contribution is -2.46. The molecular formula is C27H27ClN4O3. The van der Waals surface area contributed by atoms with Crippen molar-refractivity contribution < 1.29 is 14.3 Å². The first kappa shape index (κ1) is 24.3. The van der Waals surface area contributed by atoms with Crippen LogP contribution in [0.2, 0.25) is 5.02 Å². The summed E-state index contributed by atoms with van der Waals surface area (Å²) < 4.78 is 10.7. The predicted molar refractivity (Wildman–Crippen MR) is 138 cm³/mol. The molecule has 7 nitrogen and oxygen atoms in total. The number of carbonyl (C=O) groups excluding carboxylic acids is 1. The van der Waals surface area contributed by atoms with Gasteiger partial charge in [-0.25, -0.2) is 9.98 Å². The highest BCUT2D eigenvalue weighted by atomic mass is 35.5. The number of rotatable bonds is 8. The molecule has 0 aliphatic carbocycles. The van der Waals surface area contributed by atoms with Crippen molar-refractivity contribution in [3.05, 3.63) is 89.4 Å². The number of hydrogen-bond acceptors (Lipinski definition) is 5. The summed E-state index contributed by atoms with van der Waals surface area (Å²) in [6, 6.07) is 24.9. The van der Waals surface area contributed by atoms with Gasteiger partial charge < -0.3 is 19.3 Å². The monoisotopic (exact) mass is 490 g/mol. The van der Waals surface area contributed by atoms with E-state index in [-0.39, 0.29) is 11.9 Å². The zero-order chi connectivity index (χ0) is 24.6. The number of benzene rings is 3. The Morgan fingerprint density at radius 1 is 1.03 bits per heavy atom. The molecule has 0 saturated carbocycles. The van der Waals surface area contributed by atoms with Gasteiger partial charge >= 0.3 is 5.97 Å². The van der Waals surface area contributed by atoms with E-state index in [1.807, 2.05) is 90.7 Å². The second-order valence-electron chi connectivity index (χ2n) is 8.23. The maximum Gasteiger partial charge on any atom is 0.310 e. The molecule has 180 valence electrons. The third kappa shape index (κ3) is 6.83. The largest absolute Gasteiger partial charge is 0.469 e. The summed E-state index contributed by atoms with van der Waals surface area (Å²) in [7, 11) is 1.40. The van der Waals surface area contributed by atoms with Crippen molar-refractivity contribution in [2.24, 2.45) is 15.9 Å². The van der Waals surface area contributed by atoms with Crippen molar-refractivity contribution in [1.29, 1.82) is 0 Å². The van der Waals surface area contributed by atoms with Crippen LogP contribution in [-0.2, 0) is 16.1 Å². The molecule has 1 aliphatic rings. The number of nitrogens with zero attached hydrogens (tertiary/aromatic N) is 4. The number of methoxy groups -OCH3 is 1. The van der Waals surface area contributed by atoms with Crippen molar-refractivity contribution in [1.82, 2.24) is 9.80 Å². The number of para-hydroxylation sites is 1. The summed E-state index contributed by atoms with van der Waals surface area (Å²) in [5, 5.41) is 0.686. The molecule has 0 saturated heterocycles.